The summed E-state index contributed by atoms with van der Waals surface area (Å²) in [4.78, 5) is 16.3. The number of aromatic amines is 1. The van der Waals surface area contributed by atoms with Crippen molar-refractivity contribution < 1.29 is 13.2 Å². The maximum Gasteiger partial charge on any atom is 0.449 e. The van der Waals surface area contributed by atoms with Gasteiger partial charge in [-0.05, 0) is 6.42 Å². The summed E-state index contributed by atoms with van der Waals surface area (Å²) in [6.07, 6.45) is -0.894. The highest BCUT2D eigenvalue weighted by Gasteiger charge is 2.34. The maximum absolute atomic E-state index is 12.5. The molecule has 0 saturated heterocycles. The highest BCUT2D eigenvalue weighted by atomic mass is 19.4. The Bertz CT molecular complexity index is 629. The monoisotopic (exact) mass is 272 g/mol. The van der Waals surface area contributed by atoms with Crippen LogP contribution in [0.25, 0.3) is 11.3 Å². The molecule has 0 aromatic carbocycles. The van der Waals surface area contributed by atoms with Crippen LogP contribution in [0.3, 0.4) is 0 Å². The van der Waals surface area contributed by atoms with Crippen molar-refractivity contribution in [2.75, 3.05) is 0 Å². The fourth-order valence-electron chi connectivity index (χ4n) is 1.59. The van der Waals surface area contributed by atoms with E-state index in [1.165, 1.54) is 6.20 Å². The van der Waals surface area contributed by atoms with Gasteiger partial charge in [0.2, 0.25) is 5.82 Å². The van der Waals surface area contributed by atoms with Crippen molar-refractivity contribution in [1.82, 2.24) is 19.7 Å². The highest BCUT2D eigenvalue weighted by molar-refractivity contribution is 5.56. The van der Waals surface area contributed by atoms with Crippen LogP contribution in [0.15, 0.2) is 23.3 Å². The molecule has 19 heavy (non-hydrogen) atoms. The van der Waals surface area contributed by atoms with Gasteiger partial charge in [0.15, 0.2) is 0 Å². The van der Waals surface area contributed by atoms with Gasteiger partial charge in [-0.15, -0.1) is 0 Å². The van der Waals surface area contributed by atoms with E-state index in [-0.39, 0.29) is 5.69 Å². The van der Waals surface area contributed by atoms with E-state index in [9.17, 15) is 18.0 Å². The second kappa shape index (κ2) is 4.87. The number of aryl methyl sites for hydroxylation is 1. The molecular weight excluding hydrogens is 261 g/mol. The van der Waals surface area contributed by atoms with E-state index in [0.717, 1.165) is 12.5 Å². The Morgan fingerprint density at radius 3 is 2.79 bits per heavy atom. The number of hydrogen-bond donors (Lipinski definition) is 1. The first-order valence-electron chi connectivity index (χ1n) is 5.61. The lowest BCUT2D eigenvalue weighted by atomic mass is 10.2. The molecule has 0 aliphatic heterocycles. The largest absolute Gasteiger partial charge is 0.449 e. The van der Waals surface area contributed by atoms with E-state index >= 15 is 0 Å². The summed E-state index contributed by atoms with van der Waals surface area (Å²) in [5.74, 6) is -1.31. The Balaban J connectivity index is 2.44. The molecule has 0 aliphatic rings. The first-order valence-corrected chi connectivity index (χ1v) is 5.61. The number of nitrogens with zero attached hydrogens (tertiary/aromatic N) is 3. The van der Waals surface area contributed by atoms with Gasteiger partial charge in [-0.25, -0.2) is 4.98 Å². The Morgan fingerprint density at radius 2 is 2.16 bits per heavy atom. The van der Waals surface area contributed by atoms with Gasteiger partial charge in [-0.1, -0.05) is 6.92 Å². The van der Waals surface area contributed by atoms with Crippen molar-refractivity contribution >= 4 is 0 Å². The van der Waals surface area contributed by atoms with Crippen molar-refractivity contribution in [1.29, 1.82) is 0 Å². The minimum Gasteiger partial charge on any atom is -0.303 e. The summed E-state index contributed by atoms with van der Waals surface area (Å²) in [7, 11) is 0. The van der Waals surface area contributed by atoms with Crippen LogP contribution in [0.1, 0.15) is 19.2 Å². The zero-order chi connectivity index (χ0) is 14.0. The number of rotatable bonds is 3. The smallest absolute Gasteiger partial charge is 0.303 e. The van der Waals surface area contributed by atoms with Crippen molar-refractivity contribution in [3.05, 3.63) is 34.6 Å². The van der Waals surface area contributed by atoms with E-state index in [2.05, 4.69) is 10.1 Å². The topological polar surface area (TPSA) is 63.6 Å². The SMILES string of the molecule is CCCn1cc(-c2cc(=O)[nH]c(C(F)(F)F)n2)cn1. The van der Waals surface area contributed by atoms with Crippen LogP contribution in [0, 0.1) is 0 Å². The van der Waals surface area contributed by atoms with E-state index in [4.69, 9.17) is 0 Å². The van der Waals surface area contributed by atoms with Crippen molar-refractivity contribution in [2.45, 2.75) is 26.1 Å². The van der Waals surface area contributed by atoms with Crippen LogP contribution >= 0.6 is 0 Å². The van der Waals surface area contributed by atoms with Gasteiger partial charge in [0, 0.05) is 24.4 Å². The Labute approximate surface area is 106 Å². The predicted molar refractivity (Wildman–Crippen MR) is 61.4 cm³/mol. The van der Waals surface area contributed by atoms with E-state index < -0.39 is 17.6 Å². The van der Waals surface area contributed by atoms with Crippen molar-refractivity contribution in [3.8, 4) is 11.3 Å². The lowest BCUT2D eigenvalue weighted by Crippen LogP contribution is -2.18. The molecular formula is C11H11F3N4O. The standard InChI is InChI=1S/C11H11F3N4O/c1-2-3-18-6-7(5-15-18)8-4-9(19)17-10(16-8)11(12,13)14/h4-6H,2-3H2,1H3,(H,16,17,19). The fraction of sp³-hybridized carbons (Fsp3) is 0.364. The summed E-state index contributed by atoms with van der Waals surface area (Å²) in [6, 6.07) is 1.02. The summed E-state index contributed by atoms with van der Waals surface area (Å²) in [5.41, 5.74) is -0.510. The van der Waals surface area contributed by atoms with Gasteiger partial charge in [0.1, 0.15) is 0 Å². The molecule has 0 bridgehead atoms. The van der Waals surface area contributed by atoms with Crippen molar-refractivity contribution in [3.63, 3.8) is 0 Å². The second-order valence-corrected chi connectivity index (χ2v) is 3.97. The second-order valence-electron chi connectivity index (χ2n) is 3.97. The predicted octanol–water partition coefficient (Wildman–Crippen LogP) is 2.06. The molecule has 2 aromatic rings. The Hall–Kier alpha value is -2.12. The van der Waals surface area contributed by atoms with E-state index in [1.54, 1.807) is 15.9 Å². The van der Waals surface area contributed by atoms with Gasteiger partial charge in [0.05, 0.1) is 11.9 Å². The fourth-order valence-corrected chi connectivity index (χ4v) is 1.59. The quantitative estimate of drug-likeness (QED) is 0.930. The molecule has 5 nitrogen and oxygen atoms in total. The molecule has 0 aliphatic carbocycles. The average molecular weight is 272 g/mol. The van der Waals surface area contributed by atoms with Crippen LogP contribution in [0.2, 0.25) is 0 Å². The summed E-state index contributed by atoms with van der Waals surface area (Å²) < 4.78 is 39.2. The van der Waals surface area contributed by atoms with Gasteiger partial charge in [0.25, 0.3) is 5.56 Å². The molecule has 0 radical (unpaired) electrons. The minimum absolute atomic E-state index is 0.0431. The number of H-pyrrole nitrogens is 1. The van der Waals surface area contributed by atoms with Gasteiger partial charge < -0.3 is 4.98 Å². The third kappa shape index (κ3) is 3.01. The minimum atomic E-state index is -4.69. The van der Waals surface area contributed by atoms with Crippen LogP contribution in [-0.2, 0) is 12.7 Å². The molecule has 0 amide bonds. The average Bonchev–Trinajstić information content (AvgIpc) is 2.76. The van der Waals surface area contributed by atoms with Gasteiger partial charge in [-0.3, -0.25) is 9.48 Å². The zero-order valence-corrected chi connectivity index (χ0v) is 10.0. The molecule has 102 valence electrons. The van der Waals surface area contributed by atoms with Gasteiger partial charge >= 0.3 is 6.18 Å². The molecule has 2 heterocycles. The lowest BCUT2D eigenvalue weighted by Gasteiger charge is -2.05. The molecule has 0 fully saturated rings. The molecule has 0 atom stereocenters. The van der Waals surface area contributed by atoms with Crippen LogP contribution in [0.4, 0.5) is 13.2 Å². The summed E-state index contributed by atoms with van der Waals surface area (Å²) in [5, 5.41) is 3.99. The molecule has 2 aromatic heterocycles. The molecule has 0 spiro atoms. The van der Waals surface area contributed by atoms with E-state index in [1.807, 2.05) is 6.92 Å². The summed E-state index contributed by atoms with van der Waals surface area (Å²) >= 11 is 0. The van der Waals surface area contributed by atoms with Crippen LogP contribution in [-0.4, -0.2) is 19.7 Å². The molecule has 8 heteroatoms. The summed E-state index contributed by atoms with van der Waals surface area (Å²) in [6.45, 7) is 2.60. The van der Waals surface area contributed by atoms with Crippen LogP contribution < -0.4 is 5.56 Å². The number of halogens is 3. The van der Waals surface area contributed by atoms with E-state index in [0.29, 0.717) is 12.1 Å². The Morgan fingerprint density at radius 1 is 1.42 bits per heavy atom. The highest BCUT2D eigenvalue weighted by Crippen LogP contribution is 2.26. The normalized spacial score (nSPS) is 11.8. The van der Waals surface area contributed by atoms with Crippen molar-refractivity contribution in [2.24, 2.45) is 0 Å². The maximum atomic E-state index is 12.5. The number of nitrogens with one attached hydrogen (secondary N) is 1. The van der Waals surface area contributed by atoms with Crippen LogP contribution in [0.5, 0.6) is 0 Å². The lowest BCUT2D eigenvalue weighted by molar-refractivity contribution is -0.145. The first-order chi connectivity index (χ1) is 8.90. The number of hydrogen-bond acceptors (Lipinski definition) is 3. The number of aromatic nitrogens is 4. The third-order valence-electron chi connectivity index (χ3n) is 2.39. The van der Waals surface area contributed by atoms with Gasteiger partial charge in [-0.2, -0.15) is 18.3 Å². The zero-order valence-electron chi connectivity index (χ0n) is 10.0. The third-order valence-corrected chi connectivity index (χ3v) is 2.39. The molecule has 1 N–H and O–H groups in total. The molecule has 0 unspecified atom stereocenters. The molecule has 2 rings (SSSR count). The Kier molecular flexibility index (Phi) is 3.41. The first kappa shape index (κ1) is 13.3. The molecule has 0 saturated carbocycles. The number of alkyl halides is 3.